The van der Waals surface area contributed by atoms with Crippen LogP contribution in [0.1, 0.15) is 47.7 Å². The van der Waals surface area contributed by atoms with Crippen molar-refractivity contribution in [3.8, 4) is 11.1 Å². The number of esters is 1. The first-order chi connectivity index (χ1) is 12.5. The molecule has 5 nitrogen and oxygen atoms in total. The summed E-state index contributed by atoms with van der Waals surface area (Å²) in [5.41, 5.74) is 3.59. The molecule has 0 amide bonds. The number of rotatable bonds is 7. The summed E-state index contributed by atoms with van der Waals surface area (Å²) in [4.78, 5) is 23.0. The fraction of sp³-hybridized carbons (Fsp3) is 0.333. The molecule has 0 atom stereocenters. The summed E-state index contributed by atoms with van der Waals surface area (Å²) in [6.07, 6.45) is 2.17. The molecule has 1 fully saturated rings. The molecule has 3 rings (SSSR count). The Hall–Kier alpha value is -2.66. The third kappa shape index (κ3) is 3.78. The minimum Gasteiger partial charge on any atom is -0.478 e. The van der Waals surface area contributed by atoms with Crippen LogP contribution >= 0.6 is 0 Å². The van der Waals surface area contributed by atoms with Gasteiger partial charge in [-0.1, -0.05) is 24.3 Å². The van der Waals surface area contributed by atoms with E-state index in [4.69, 9.17) is 9.84 Å². The molecule has 2 N–H and O–H groups in total. The van der Waals surface area contributed by atoms with E-state index in [1.165, 1.54) is 0 Å². The van der Waals surface area contributed by atoms with Crippen molar-refractivity contribution in [3.63, 3.8) is 0 Å². The maximum absolute atomic E-state index is 12.0. The highest BCUT2D eigenvalue weighted by Gasteiger charge is 2.46. The van der Waals surface area contributed by atoms with Gasteiger partial charge in [0.1, 0.15) is 0 Å². The number of ether oxygens (including phenoxy) is 1. The minimum atomic E-state index is -0.965. The Labute approximate surface area is 152 Å². The topological polar surface area (TPSA) is 83.8 Å². The predicted molar refractivity (Wildman–Crippen MR) is 96.9 cm³/mol. The lowest BCUT2D eigenvalue weighted by Crippen LogP contribution is -2.16. The van der Waals surface area contributed by atoms with E-state index >= 15 is 0 Å². The zero-order valence-electron chi connectivity index (χ0n) is 14.7. The summed E-state index contributed by atoms with van der Waals surface area (Å²) < 4.78 is 5.10. The second-order valence-electron chi connectivity index (χ2n) is 6.72. The molecule has 2 aromatic carbocycles. The first kappa shape index (κ1) is 18.1. The van der Waals surface area contributed by atoms with Crippen LogP contribution in [0.4, 0.5) is 0 Å². The van der Waals surface area contributed by atoms with Gasteiger partial charge >= 0.3 is 11.9 Å². The summed E-state index contributed by atoms with van der Waals surface area (Å²) in [5.74, 6) is -1.17. The molecule has 0 bridgehead atoms. The van der Waals surface area contributed by atoms with Crippen molar-refractivity contribution in [2.45, 2.75) is 38.2 Å². The standard InChI is InChI=1S/C21H22O5/c1-2-26-19(23)12-21(7-8-21)18-10-14(13-22)9-17(11-18)15-3-5-16(6-4-15)20(24)25/h3-6,9-11,22H,2,7-8,12-13H2,1H3,(H,24,25). The van der Waals surface area contributed by atoms with Gasteiger partial charge < -0.3 is 14.9 Å². The summed E-state index contributed by atoms with van der Waals surface area (Å²) in [5, 5.41) is 18.7. The molecule has 0 aliphatic heterocycles. The van der Waals surface area contributed by atoms with E-state index in [1.807, 2.05) is 18.2 Å². The van der Waals surface area contributed by atoms with Crippen LogP contribution in [0.3, 0.4) is 0 Å². The Kier molecular flexibility index (Phi) is 5.09. The van der Waals surface area contributed by atoms with Crippen LogP contribution in [0.25, 0.3) is 11.1 Å². The highest BCUT2D eigenvalue weighted by atomic mass is 16.5. The van der Waals surface area contributed by atoms with Crippen molar-refractivity contribution in [1.29, 1.82) is 0 Å². The Bertz CT molecular complexity index is 819. The summed E-state index contributed by atoms with van der Waals surface area (Å²) in [7, 11) is 0. The highest BCUT2D eigenvalue weighted by molar-refractivity contribution is 5.88. The number of carbonyl (C=O) groups excluding carboxylic acids is 1. The number of aromatic carboxylic acids is 1. The van der Waals surface area contributed by atoms with Gasteiger partial charge in [-0.2, -0.15) is 0 Å². The number of hydrogen-bond donors (Lipinski definition) is 2. The first-order valence-electron chi connectivity index (χ1n) is 8.72. The summed E-state index contributed by atoms with van der Waals surface area (Å²) >= 11 is 0. The summed E-state index contributed by atoms with van der Waals surface area (Å²) in [6.45, 7) is 2.07. The Balaban J connectivity index is 1.94. The van der Waals surface area contributed by atoms with Crippen molar-refractivity contribution in [2.75, 3.05) is 6.61 Å². The lowest BCUT2D eigenvalue weighted by Gasteiger charge is -2.17. The lowest BCUT2D eigenvalue weighted by atomic mass is 9.88. The molecule has 136 valence electrons. The van der Waals surface area contributed by atoms with Gasteiger partial charge in [0.15, 0.2) is 0 Å². The van der Waals surface area contributed by atoms with Crippen LogP contribution in [0, 0.1) is 0 Å². The maximum atomic E-state index is 12.0. The molecule has 0 heterocycles. The highest BCUT2D eigenvalue weighted by Crippen LogP contribution is 2.52. The van der Waals surface area contributed by atoms with Gasteiger partial charge in [0, 0.05) is 5.41 Å². The van der Waals surface area contributed by atoms with E-state index in [1.54, 1.807) is 31.2 Å². The number of carboxylic acids is 1. The SMILES string of the molecule is CCOC(=O)CC1(c2cc(CO)cc(-c3ccc(C(=O)O)cc3)c2)CC1. The van der Waals surface area contributed by atoms with Gasteiger partial charge in [-0.05, 0) is 60.2 Å². The third-order valence-corrected chi connectivity index (χ3v) is 4.89. The van der Waals surface area contributed by atoms with Crippen LogP contribution < -0.4 is 0 Å². The molecule has 0 radical (unpaired) electrons. The molecule has 0 saturated heterocycles. The van der Waals surface area contributed by atoms with E-state index < -0.39 is 5.97 Å². The van der Waals surface area contributed by atoms with Crippen molar-refractivity contribution >= 4 is 11.9 Å². The second kappa shape index (κ2) is 7.30. The minimum absolute atomic E-state index is 0.0937. The molecule has 0 unspecified atom stereocenters. The number of aliphatic hydroxyl groups excluding tert-OH is 1. The largest absolute Gasteiger partial charge is 0.478 e. The normalized spacial score (nSPS) is 14.7. The van der Waals surface area contributed by atoms with Crippen molar-refractivity contribution in [2.24, 2.45) is 0 Å². The van der Waals surface area contributed by atoms with E-state index in [-0.39, 0.29) is 23.6 Å². The Morgan fingerprint density at radius 3 is 2.31 bits per heavy atom. The number of carboxylic acid groups (broad SMARTS) is 1. The molecule has 0 aromatic heterocycles. The van der Waals surface area contributed by atoms with Gasteiger partial charge in [-0.3, -0.25) is 4.79 Å². The molecular formula is C21H22O5. The van der Waals surface area contributed by atoms with Crippen molar-refractivity contribution < 1.29 is 24.5 Å². The predicted octanol–water partition coefficient (Wildman–Crippen LogP) is 3.53. The van der Waals surface area contributed by atoms with Crippen molar-refractivity contribution in [3.05, 3.63) is 59.2 Å². The smallest absolute Gasteiger partial charge is 0.335 e. The van der Waals surface area contributed by atoms with E-state index in [2.05, 4.69) is 0 Å². The number of benzene rings is 2. The lowest BCUT2D eigenvalue weighted by molar-refractivity contribution is -0.143. The molecule has 1 aliphatic rings. The van der Waals surface area contributed by atoms with E-state index in [0.29, 0.717) is 13.0 Å². The van der Waals surface area contributed by atoms with Gasteiger partial charge in [0.05, 0.1) is 25.2 Å². The zero-order valence-corrected chi connectivity index (χ0v) is 14.7. The van der Waals surface area contributed by atoms with Crippen LogP contribution in [-0.2, 0) is 21.6 Å². The monoisotopic (exact) mass is 354 g/mol. The molecule has 26 heavy (non-hydrogen) atoms. The summed E-state index contributed by atoms with van der Waals surface area (Å²) in [6, 6.07) is 12.5. The zero-order chi connectivity index (χ0) is 18.7. The molecule has 5 heteroatoms. The second-order valence-corrected chi connectivity index (χ2v) is 6.72. The fourth-order valence-corrected chi connectivity index (χ4v) is 3.27. The van der Waals surface area contributed by atoms with Gasteiger partial charge in [0.2, 0.25) is 0 Å². The van der Waals surface area contributed by atoms with Crippen LogP contribution in [0.15, 0.2) is 42.5 Å². The maximum Gasteiger partial charge on any atom is 0.335 e. The Morgan fingerprint density at radius 1 is 1.08 bits per heavy atom. The average molecular weight is 354 g/mol. The van der Waals surface area contributed by atoms with Crippen LogP contribution in [0.2, 0.25) is 0 Å². The third-order valence-electron chi connectivity index (χ3n) is 4.89. The first-order valence-corrected chi connectivity index (χ1v) is 8.72. The number of hydrogen-bond acceptors (Lipinski definition) is 4. The number of carbonyl (C=O) groups is 2. The van der Waals surface area contributed by atoms with Gasteiger partial charge in [-0.15, -0.1) is 0 Å². The van der Waals surface area contributed by atoms with Gasteiger partial charge in [-0.25, -0.2) is 4.79 Å². The quantitative estimate of drug-likeness (QED) is 0.743. The van der Waals surface area contributed by atoms with Crippen LogP contribution in [-0.4, -0.2) is 28.8 Å². The van der Waals surface area contributed by atoms with Gasteiger partial charge in [0.25, 0.3) is 0 Å². The fourth-order valence-electron chi connectivity index (χ4n) is 3.27. The number of aliphatic hydroxyl groups is 1. The molecular weight excluding hydrogens is 332 g/mol. The molecule has 1 saturated carbocycles. The average Bonchev–Trinajstić information content (AvgIpc) is 3.42. The Morgan fingerprint density at radius 2 is 1.77 bits per heavy atom. The molecule has 2 aromatic rings. The van der Waals surface area contributed by atoms with Crippen LogP contribution in [0.5, 0.6) is 0 Å². The van der Waals surface area contributed by atoms with E-state index in [0.717, 1.165) is 35.1 Å². The van der Waals surface area contributed by atoms with Crippen molar-refractivity contribution in [1.82, 2.24) is 0 Å². The van der Waals surface area contributed by atoms with E-state index in [9.17, 15) is 14.7 Å². The molecule has 0 spiro atoms. The molecule has 1 aliphatic carbocycles.